The van der Waals surface area contributed by atoms with Crippen molar-refractivity contribution in [2.75, 3.05) is 0 Å². The highest BCUT2D eigenvalue weighted by Crippen LogP contribution is 2.30. The number of carbonyl (C=O) groups is 1. The van der Waals surface area contributed by atoms with Crippen molar-refractivity contribution in [3.05, 3.63) is 74.5 Å². The topological polar surface area (TPSA) is 84.6 Å². The second-order valence-corrected chi connectivity index (χ2v) is 6.72. The zero-order chi connectivity index (χ0) is 16.9. The number of nitrogens with one attached hydrogen (secondary N) is 1. The Balaban J connectivity index is 1.69. The minimum absolute atomic E-state index is 0.0231. The molecule has 0 saturated heterocycles. The summed E-state index contributed by atoms with van der Waals surface area (Å²) in [4.78, 5) is 25.5. The van der Waals surface area contributed by atoms with E-state index in [0.717, 1.165) is 9.75 Å². The van der Waals surface area contributed by atoms with E-state index in [2.05, 4.69) is 10.5 Å². The lowest BCUT2D eigenvalue weighted by Crippen LogP contribution is -2.18. The summed E-state index contributed by atoms with van der Waals surface area (Å²) in [6, 6.07) is 13.7. The Hall–Kier alpha value is -2.84. The Morgan fingerprint density at radius 3 is 2.71 bits per heavy atom. The summed E-state index contributed by atoms with van der Waals surface area (Å²) < 4.78 is 0. The second kappa shape index (κ2) is 7.16. The summed E-state index contributed by atoms with van der Waals surface area (Å²) in [5.74, 6) is -0.617. The summed E-state index contributed by atoms with van der Waals surface area (Å²) in [6.45, 7) is 0. The number of nitro benzene ring substituents is 1. The molecule has 0 aliphatic carbocycles. The van der Waals surface area contributed by atoms with Crippen LogP contribution in [0.15, 0.2) is 59.0 Å². The van der Waals surface area contributed by atoms with E-state index in [1.807, 2.05) is 29.6 Å². The summed E-state index contributed by atoms with van der Waals surface area (Å²) in [5, 5.41) is 16.8. The van der Waals surface area contributed by atoms with Gasteiger partial charge in [-0.1, -0.05) is 18.2 Å². The molecular formula is C16H11N3O3S2. The van der Waals surface area contributed by atoms with Crippen molar-refractivity contribution in [3.63, 3.8) is 0 Å². The van der Waals surface area contributed by atoms with E-state index in [-0.39, 0.29) is 11.3 Å². The van der Waals surface area contributed by atoms with Crippen molar-refractivity contribution in [3.8, 4) is 9.75 Å². The highest BCUT2D eigenvalue weighted by atomic mass is 32.1. The molecule has 2 aromatic heterocycles. The standard InChI is InChI=1S/C16H11N3O3S2/c20-16(12-4-1-2-5-13(12)19(21)22)18-17-10-11-7-8-15(24-11)14-6-3-9-23-14/h1-10H,(H,18,20)/b17-10-. The quantitative estimate of drug-likeness (QED) is 0.423. The highest BCUT2D eigenvalue weighted by Gasteiger charge is 2.18. The maximum absolute atomic E-state index is 12.0. The van der Waals surface area contributed by atoms with Gasteiger partial charge in [-0.15, -0.1) is 22.7 Å². The zero-order valence-electron chi connectivity index (χ0n) is 12.2. The van der Waals surface area contributed by atoms with Crippen LogP contribution < -0.4 is 5.43 Å². The minimum atomic E-state index is -0.617. The van der Waals surface area contributed by atoms with Gasteiger partial charge in [0.15, 0.2) is 0 Å². The Morgan fingerprint density at radius 1 is 1.12 bits per heavy atom. The fraction of sp³-hybridized carbons (Fsp3) is 0. The number of benzene rings is 1. The van der Waals surface area contributed by atoms with E-state index < -0.39 is 10.8 Å². The SMILES string of the molecule is O=C(N/N=C\c1ccc(-c2cccs2)s1)c1ccccc1[N+](=O)[O-]. The molecule has 0 saturated carbocycles. The molecule has 1 amide bonds. The van der Waals surface area contributed by atoms with Crippen molar-refractivity contribution < 1.29 is 9.72 Å². The fourth-order valence-corrected chi connectivity index (χ4v) is 3.73. The van der Waals surface area contributed by atoms with Gasteiger partial charge in [-0.3, -0.25) is 14.9 Å². The van der Waals surface area contributed by atoms with Crippen molar-refractivity contribution in [2.24, 2.45) is 5.10 Å². The summed E-state index contributed by atoms with van der Waals surface area (Å²) in [5.41, 5.74) is 2.05. The molecule has 0 aliphatic heterocycles. The van der Waals surface area contributed by atoms with Crippen molar-refractivity contribution in [2.45, 2.75) is 0 Å². The van der Waals surface area contributed by atoms with Crippen LogP contribution in [0.3, 0.4) is 0 Å². The van der Waals surface area contributed by atoms with Crippen LogP contribution in [0, 0.1) is 10.1 Å². The van der Waals surface area contributed by atoms with E-state index in [9.17, 15) is 14.9 Å². The van der Waals surface area contributed by atoms with Crippen molar-refractivity contribution in [1.29, 1.82) is 0 Å². The Morgan fingerprint density at radius 2 is 1.96 bits per heavy atom. The van der Waals surface area contributed by atoms with Gasteiger partial charge in [-0.05, 0) is 29.6 Å². The van der Waals surface area contributed by atoms with Crippen molar-refractivity contribution in [1.82, 2.24) is 5.43 Å². The van der Waals surface area contributed by atoms with Gasteiger partial charge in [0, 0.05) is 20.7 Å². The van der Waals surface area contributed by atoms with Gasteiger partial charge in [-0.25, -0.2) is 5.43 Å². The lowest BCUT2D eigenvalue weighted by Gasteiger charge is -2.00. The van der Waals surface area contributed by atoms with Gasteiger partial charge < -0.3 is 0 Å². The average Bonchev–Trinajstić information content (AvgIpc) is 3.26. The first-order valence-corrected chi connectivity index (χ1v) is 8.55. The van der Waals surface area contributed by atoms with E-state index in [1.54, 1.807) is 28.7 Å². The third-order valence-electron chi connectivity index (χ3n) is 3.09. The Labute approximate surface area is 145 Å². The highest BCUT2D eigenvalue weighted by molar-refractivity contribution is 7.22. The first kappa shape index (κ1) is 16.0. The average molecular weight is 357 g/mol. The Bertz CT molecular complexity index is 901. The number of hydrogen-bond donors (Lipinski definition) is 1. The number of hydrogen-bond acceptors (Lipinski definition) is 6. The molecule has 6 nitrogen and oxygen atoms in total. The molecule has 8 heteroatoms. The van der Waals surface area contributed by atoms with Gasteiger partial charge in [0.2, 0.25) is 0 Å². The van der Waals surface area contributed by atoms with Gasteiger partial charge in [-0.2, -0.15) is 5.10 Å². The molecule has 1 aromatic carbocycles. The molecule has 2 heterocycles. The van der Waals surface area contributed by atoms with E-state index in [4.69, 9.17) is 0 Å². The lowest BCUT2D eigenvalue weighted by atomic mass is 10.2. The molecule has 0 aliphatic rings. The molecule has 0 atom stereocenters. The molecule has 3 rings (SSSR count). The maximum atomic E-state index is 12.0. The van der Waals surface area contributed by atoms with Crippen LogP contribution in [0.4, 0.5) is 5.69 Å². The van der Waals surface area contributed by atoms with Gasteiger partial charge in [0.1, 0.15) is 5.56 Å². The molecule has 1 N–H and O–H groups in total. The lowest BCUT2D eigenvalue weighted by molar-refractivity contribution is -0.385. The summed E-state index contributed by atoms with van der Waals surface area (Å²) >= 11 is 3.20. The van der Waals surface area contributed by atoms with E-state index in [1.165, 1.54) is 29.3 Å². The number of nitrogens with zero attached hydrogens (tertiary/aromatic N) is 2. The number of carbonyl (C=O) groups excluding carboxylic acids is 1. The van der Waals surface area contributed by atoms with Crippen LogP contribution in [-0.2, 0) is 0 Å². The van der Waals surface area contributed by atoms with Crippen LogP contribution in [0.5, 0.6) is 0 Å². The first-order chi connectivity index (χ1) is 11.6. The minimum Gasteiger partial charge on any atom is -0.267 e. The van der Waals surface area contributed by atoms with E-state index >= 15 is 0 Å². The molecule has 24 heavy (non-hydrogen) atoms. The molecule has 0 unspecified atom stereocenters. The predicted octanol–water partition coefficient (Wildman–Crippen LogP) is 4.15. The second-order valence-electron chi connectivity index (χ2n) is 4.65. The third kappa shape index (κ3) is 3.55. The molecule has 0 radical (unpaired) electrons. The van der Waals surface area contributed by atoms with Gasteiger partial charge in [0.05, 0.1) is 11.1 Å². The summed E-state index contributed by atoms with van der Waals surface area (Å²) in [6.07, 6.45) is 1.52. The molecule has 120 valence electrons. The Kier molecular flexibility index (Phi) is 4.78. The molecule has 0 fully saturated rings. The van der Waals surface area contributed by atoms with Crippen LogP contribution in [0.25, 0.3) is 9.75 Å². The number of nitro groups is 1. The monoisotopic (exact) mass is 357 g/mol. The number of para-hydroxylation sites is 1. The molecule has 0 spiro atoms. The fourth-order valence-electron chi connectivity index (χ4n) is 2.01. The maximum Gasteiger partial charge on any atom is 0.282 e. The third-order valence-corrected chi connectivity index (χ3v) is 5.18. The van der Waals surface area contributed by atoms with Crippen LogP contribution in [0.2, 0.25) is 0 Å². The van der Waals surface area contributed by atoms with Crippen LogP contribution in [-0.4, -0.2) is 17.0 Å². The first-order valence-electron chi connectivity index (χ1n) is 6.85. The zero-order valence-corrected chi connectivity index (χ0v) is 13.8. The molecule has 0 bridgehead atoms. The number of thiophene rings is 2. The van der Waals surface area contributed by atoms with Gasteiger partial charge >= 0.3 is 0 Å². The van der Waals surface area contributed by atoms with Crippen LogP contribution >= 0.6 is 22.7 Å². The molecule has 3 aromatic rings. The van der Waals surface area contributed by atoms with Crippen molar-refractivity contribution >= 4 is 40.5 Å². The number of rotatable bonds is 5. The van der Waals surface area contributed by atoms with Gasteiger partial charge in [0.25, 0.3) is 11.6 Å². The number of amides is 1. The normalized spacial score (nSPS) is 10.8. The van der Waals surface area contributed by atoms with Crippen LogP contribution in [0.1, 0.15) is 15.2 Å². The smallest absolute Gasteiger partial charge is 0.267 e. The largest absolute Gasteiger partial charge is 0.282 e. The van der Waals surface area contributed by atoms with E-state index in [0.29, 0.717) is 0 Å². The predicted molar refractivity (Wildman–Crippen MR) is 95.8 cm³/mol. The summed E-state index contributed by atoms with van der Waals surface area (Å²) in [7, 11) is 0. The number of hydrazone groups is 1. The molecular weight excluding hydrogens is 346 g/mol.